The van der Waals surface area contributed by atoms with Gasteiger partial charge in [-0.2, -0.15) is 0 Å². The molecular formula is C16H22N2O2. The Morgan fingerprint density at radius 2 is 2.15 bits per heavy atom. The highest BCUT2D eigenvalue weighted by molar-refractivity contribution is 5.78. The van der Waals surface area contributed by atoms with Gasteiger partial charge >= 0.3 is 0 Å². The summed E-state index contributed by atoms with van der Waals surface area (Å²) in [4.78, 5) is 11.7. The fourth-order valence-corrected chi connectivity index (χ4v) is 1.75. The zero-order chi connectivity index (χ0) is 15.0. The third-order valence-electron chi connectivity index (χ3n) is 2.62. The molecule has 108 valence electrons. The number of ether oxygens (including phenoxy) is 1. The number of carbonyl (C=O) groups is 1. The van der Waals surface area contributed by atoms with Crippen molar-refractivity contribution < 1.29 is 9.53 Å². The van der Waals surface area contributed by atoms with Gasteiger partial charge in [-0.1, -0.05) is 18.1 Å². The number of benzene rings is 1. The lowest BCUT2D eigenvalue weighted by Gasteiger charge is -2.16. The van der Waals surface area contributed by atoms with Crippen molar-refractivity contribution >= 4 is 5.91 Å². The quantitative estimate of drug-likeness (QED) is 0.589. The van der Waals surface area contributed by atoms with Gasteiger partial charge in [0.2, 0.25) is 5.91 Å². The Kier molecular flexibility index (Phi) is 6.61. The van der Waals surface area contributed by atoms with Gasteiger partial charge in [-0.15, -0.1) is 6.42 Å². The van der Waals surface area contributed by atoms with Crippen LogP contribution in [0.15, 0.2) is 24.3 Å². The van der Waals surface area contributed by atoms with Crippen LogP contribution >= 0.6 is 0 Å². The van der Waals surface area contributed by atoms with Gasteiger partial charge in [-0.25, -0.2) is 0 Å². The average molecular weight is 274 g/mol. The lowest BCUT2D eigenvalue weighted by Crippen LogP contribution is -2.35. The van der Waals surface area contributed by atoms with Crippen LogP contribution in [0.1, 0.15) is 32.4 Å². The molecule has 0 heterocycles. The highest BCUT2D eigenvalue weighted by Crippen LogP contribution is 2.19. The molecule has 1 aromatic carbocycles. The van der Waals surface area contributed by atoms with Gasteiger partial charge in [0.1, 0.15) is 5.75 Å². The van der Waals surface area contributed by atoms with Crippen LogP contribution in [0.25, 0.3) is 0 Å². The fourth-order valence-electron chi connectivity index (χ4n) is 1.75. The number of nitrogens with one attached hydrogen (secondary N) is 2. The minimum Gasteiger partial charge on any atom is -0.491 e. The summed E-state index contributed by atoms with van der Waals surface area (Å²) in [6.45, 7) is 6.51. The Morgan fingerprint density at radius 1 is 1.40 bits per heavy atom. The predicted molar refractivity (Wildman–Crippen MR) is 80.5 cm³/mol. The van der Waals surface area contributed by atoms with Crippen molar-refractivity contribution in [1.82, 2.24) is 10.6 Å². The van der Waals surface area contributed by atoms with Crippen LogP contribution in [0.2, 0.25) is 0 Å². The molecule has 1 aromatic rings. The van der Waals surface area contributed by atoms with E-state index in [2.05, 4.69) is 16.6 Å². The van der Waals surface area contributed by atoms with Crippen LogP contribution < -0.4 is 15.4 Å². The van der Waals surface area contributed by atoms with Crippen LogP contribution in [-0.4, -0.2) is 25.1 Å². The number of carbonyl (C=O) groups excluding carboxylic acids is 1. The lowest BCUT2D eigenvalue weighted by molar-refractivity contribution is -0.120. The van der Waals surface area contributed by atoms with Gasteiger partial charge in [0.15, 0.2) is 0 Å². The minimum atomic E-state index is -0.0806. The predicted octanol–water partition coefficient (Wildman–Crippen LogP) is 1.87. The molecule has 0 saturated heterocycles. The minimum absolute atomic E-state index is 0.0779. The van der Waals surface area contributed by atoms with Gasteiger partial charge in [0, 0.05) is 0 Å². The number of hydrogen-bond donors (Lipinski definition) is 2. The molecule has 0 aromatic heterocycles. The molecule has 4 nitrogen and oxygen atoms in total. The maximum absolute atomic E-state index is 11.7. The summed E-state index contributed by atoms with van der Waals surface area (Å²) >= 11 is 0. The molecule has 4 heteroatoms. The first-order valence-corrected chi connectivity index (χ1v) is 6.73. The molecule has 0 saturated carbocycles. The van der Waals surface area contributed by atoms with Crippen LogP contribution in [0.5, 0.6) is 5.75 Å². The largest absolute Gasteiger partial charge is 0.491 e. The van der Waals surface area contributed by atoms with Crippen molar-refractivity contribution in [3.8, 4) is 18.1 Å². The molecule has 0 bridgehead atoms. The van der Waals surface area contributed by atoms with Crippen molar-refractivity contribution in [3.63, 3.8) is 0 Å². The highest BCUT2D eigenvalue weighted by Gasteiger charge is 2.10. The molecular weight excluding hydrogens is 252 g/mol. The molecule has 0 radical (unpaired) electrons. The van der Waals surface area contributed by atoms with E-state index in [4.69, 9.17) is 11.2 Å². The van der Waals surface area contributed by atoms with E-state index in [-0.39, 0.29) is 24.6 Å². The van der Waals surface area contributed by atoms with E-state index in [0.29, 0.717) is 6.54 Å². The second-order valence-electron chi connectivity index (χ2n) is 4.84. The van der Waals surface area contributed by atoms with E-state index in [9.17, 15) is 4.79 Å². The summed E-state index contributed by atoms with van der Waals surface area (Å²) in [5.74, 6) is 3.15. The van der Waals surface area contributed by atoms with Crippen LogP contribution in [-0.2, 0) is 4.79 Å². The third-order valence-corrected chi connectivity index (χ3v) is 2.62. The van der Waals surface area contributed by atoms with E-state index in [0.717, 1.165) is 11.3 Å². The first kappa shape index (κ1) is 16.1. The van der Waals surface area contributed by atoms with E-state index in [1.54, 1.807) is 0 Å². The standard InChI is InChI=1S/C16H22N2O2/c1-5-9-17-11-16(19)18-13(4)14-7-6-8-15(10-14)20-12(2)3/h1,6-8,10,12-13,17H,9,11H2,2-4H3,(H,18,19). The first-order valence-electron chi connectivity index (χ1n) is 6.73. The molecule has 1 amide bonds. The van der Waals surface area contributed by atoms with Crippen molar-refractivity contribution in [2.75, 3.05) is 13.1 Å². The monoisotopic (exact) mass is 274 g/mol. The molecule has 0 aliphatic heterocycles. The van der Waals surface area contributed by atoms with Gasteiger partial charge in [0.25, 0.3) is 0 Å². The SMILES string of the molecule is C#CCNCC(=O)NC(C)c1cccc(OC(C)C)c1. The molecule has 1 atom stereocenters. The van der Waals surface area contributed by atoms with Crippen molar-refractivity contribution in [2.24, 2.45) is 0 Å². The average Bonchev–Trinajstić information content (AvgIpc) is 2.38. The third kappa shape index (κ3) is 5.77. The molecule has 1 unspecified atom stereocenters. The molecule has 0 fully saturated rings. The topological polar surface area (TPSA) is 50.4 Å². The molecule has 2 N–H and O–H groups in total. The zero-order valence-electron chi connectivity index (χ0n) is 12.3. The van der Waals surface area contributed by atoms with Crippen molar-refractivity contribution in [2.45, 2.75) is 32.9 Å². The van der Waals surface area contributed by atoms with Crippen LogP contribution in [0.3, 0.4) is 0 Å². The van der Waals surface area contributed by atoms with Crippen LogP contribution in [0.4, 0.5) is 0 Å². The highest BCUT2D eigenvalue weighted by atomic mass is 16.5. The van der Waals surface area contributed by atoms with Gasteiger partial charge in [-0.3, -0.25) is 10.1 Å². The number of amides is 1. The van der Waals surface area contributed by atoms with E-state index < -0.39 is 0 Å². The summed E-state index contributed by atoms with van der Waals surface area (Å²) in [6, 6.07) is 7.66. The lowest BCUT2D eigenvalue weighted by atomic mass is 10.1. The van der Waals surface area contributed by atoms with E-state index in [1.165, 1.54) is 0 Å². The fraction of sp³-hybridized carbons (Fsp3) is 0.438. The Morgan fingerprint density at radius 3 is 2.80 bits per heavy atom. The molecule has 0 spiro atoms. The summed E-state index contributed by atoms with van der Waals surface area (Å²) in [5, 5.41) is 5.77. The smallest absolute Gasteiger partial charge is 0.234 e. The van der Waals surface area contributed by atoms with Gasteiger partial charge in [0.05, 0.1) is 25.2 Å². The van der Waals surface area contributed by atoms with Crippen molar-refractivity contribution in [3.05, 3.63) is 29.8 Å². The van der Waals surface area contributed by atoms with E-state index in [1.807, 2.05) is 45.0 Å². The number of rotatable bonds is 7. The zero-order valence-corrected chi connectivity index (χ0v) is 12.3. The Balaban J connectivity index is 2.56. The first-order chi connectivity index (χ1) is 9.52. The molecule has 0 aliphatic rings. The Hall–Kier alpha value is -1.99. The van der Waals surface area contributed by atoms with Crippen molar-refractivity contribution in [1.29, 1.82) is 0 Å². The number of hydrogen-bond acceptors (Lipinski definition) is 3. The summed E-state index contributed by atoms with van der Waals surface area (Å²) in [7, 11) is 0. The Bertz CT molecular complexity index is 478. The second-order valence-corrected chi connectivity index (χ2v) is 4.84. The molecule has 0 aliphatic carbocycles. The summed E-state index contributed by atoms with van der Waals surface area (Å²) in [6.07, 6.45) is 5.23. The van der Waals surface area contributed by atoms with Gasteiger partial charge in [-0.05, 0) is 38.5 Å². The van der Waals surface area contributed by atoms with E-state index >= 15 is 0 Å². The maximum Gasteiger partial charge on any atom is 0.234 e. The maximum atomic E-state index is 11.7. The summed E-state index contributed by atoms with van der Waals surface area (Å²) in [5.41, 5.74) is 1.01. The normalized spacial score (nSPS) is 11.8. The second kappa shape index (κ2) is 8.23. The summed E-state index contributed by atoms with van der Waals surface area (Å²) < 4.78 is 5.64. The molecule has 1 rings (SSSR count). The Labute approximate surface area is 120 Å². The number of terminal acetylenes is 1. The van der Waals surface area contributed by atoms with Crippen LogP contribution in [0, 0.1) is 12.3 Å². The molecule has 20 heavy (non-hydrogen) atoms. The van der Waals surface area contributed by atoms with Gasteiger partial charge < -0.3 is 10.1 Å².